The average Bonchev–Trinajstić information content (AvgIpc) is 2.57. The van der Waals surface area contributed by atoms with Crippen LogP contribution < -0.4 is 0 Å². The van der Waals surface area contributed by atoms with E-state index in [0.29, 0.717) is 5.89 Å². The van der Waals surface area contributed by atoms with Gasteiger partial charge in [-0.1, -0.05) is 27.8 Å². The Hall–Kier alpha value is -1.27. The molecule has 0 aliphatic carbocycles. The standard InChI is InChI=1S/C12H10BrNO/c1-9-14-11-6-5-10(4-2-3-7-13)8-12(11)15-9/h5-6,8H,3,7H2,1H3. The Balaban J connectivity index is 2.35. The highest BCUT2D eigenvalue weighted by Gasteiger charge is 2.01. The molecule has 0 N–H and O–H groups in total. The third-order valence-electron chi connectivity index (χ3n) is 1.95. The van der Waals surface area contributed by atoms with E-state index < -0.39 is 0 Å². The molecular formula is C12H10BrNO. The Labute approximate surface area is 96.8 Å². The minimum atomic E-state index is 0.690. The lowest BCUT2D eigenvalue weighted by atomic mass is 10.2. The number of aromatic nitrogens is 1. The van der Waals surface area contributed by atoms with Gasteiger partial charge in [-0.2, -0.15) is 0 Å². The van der Waals surface area contributed by atoms with Gasteiger partial charge in [-0.05, 0) is 18.2 Å². The van der Waals surface area contributed by atoms with Gasteiger partial charge >= 0.3 is 0 Å². The monoisotopic (exact) mass is 263 g/mol. The van der Waals surface area contributed by atoms with Crippen molar-refractivity contribution in [3.63, 3.8) is 0 Å². The van der Waals surface area contributed by atoms with Crippen molar-refractivity contribution in [1.29, 1.82) is 0 Å². The Morgan fingerprint density at radius 3 is 3.13 bits per heavy atom. The maximum atomic E-state index is 5.43. The van der Waals surface area contributed by atoms with Crippen LogP contribution in [0.3, 0.4) is 0 Å². The maximum Gasteiger partial charge on any atom is 0.192 e. The van der Waals surface area contributed by atoms with Crippen LogP contribution in [-0.2, 0) is 0 Å². The summed E-state index contributed by atoms with van der Waals surface area (Å²) in [6.07, 6.45) is 0.855. The van der Waals surface area contributed by atoms with Crippen LogP contribution in [0, 0.1) is 18.8 Å². The van der Waals surface area contributed by atoms with Crippen molar-refractivity contribution < 1.29 is 4.42 Å². The van der Waals surface area contributed by atoms with Crippen LogP contribution in [0.2, 0.25) is 0 Å². The number of hydrogen-bond donors (Lipinski definition) is 0. The molecule has 1 aromatic carbocycles. The smallest absolute Gasteiger partial charge is 0.192 e. The number of alkyl halides is 1. The van der Waals surface area contributed by atoms with Crippen molar-refractivity contribution in [1.82, 2.24) is 4.98 Å². The van der Waals surface area contributed by atoms with Gasteiger partial charge in [0.15, 0.2) is 11.5 Å². The van der Waals surface area contributed by atoms with Crippen molar-refractivity contribution in [3.8, 4) is 11.8 Å². The number of aryl methyl sites for hydroxylation is 1. The summed E-state index contributed by atoms with van der Waals surface area (Å²) in [6, 6.07) is 5.83. The normalized spacial score (nSPS) is 10.0. The van der Waals surface area contributed by atoms with E-state index in [1.54, 1.807) is 0 Å². The second kappa shape index (κ2) is 4.50. The molecule has 0 radical (unpaired) electrons. The zero-order chi connectivity index (χ0) is 10.7. The van der Waals surface area contributed by atoms with Gasteiger partial charge in [-0.3, -0.25) is 0 Å². The molecule has 0 bridgehead atoms. The van der Waals surface area contributed by atoms with E-state index in [4.69, 9.17) is 4.42 Å². The second-order valence-electron chi connectivity index (χ2n) is 3.16. The number of rotatable bonds is 1. The van der Waals surface area contributed by atoms with Crippen molar-refractivity contribution in [2.24, 2.45) is 0 Å². The lowest BCUT2D eigenvalue weighted by Gasteiger charge is -1.88. The Morgan fingerprint density at radius 1 is 1.47 bits per heavy atom. The van der Waals surface area contributed by atoms with E-state index in [9.17, 15) is 0 Å². The largest absolute Gasteiger partial charge is 0.441 e. The van der Waals surface area contributed by atoms with Crippen LogP contribution in [0.4, 0.5) is 0 Å². The Bertz CT molecular complexity index is 533. The average molecular weight is 264 g/mol. The van der Waals surface area contributed by atoms with Gasteiger partial charge in [0, 0.05) is 24.2 Å². The molecular weight excluding hydrogens is 254 g/mol. The first-order valence-corrected chi connectivity index (χ1v) is 5.84. The number of nitrogens with zero attached hydrogens (tertiary/aromatic N) is 1. The molecule has 2 rings (SSSR count). The molecule has 1 aromatic heterocycles. The van der Waals surface area contributed by atoms with Gasteiger partial charge in [0.25, 0.3) is 0 Å². The van der Waals surface area contributed by atoms with Gasteiger partial charge in [-0.15, -0.1) is 0 Å². The van der Waals surface area contributed by atoms with Crippen molar-refractivity contribution >= 4 is 27.0 Å². The third-order valence-corrected chi connectivity index (χ3v) is 2.34. The van der Waals surface area contributed by atoms with E-state index in [1.165, 1.54) is 0 Å². The van der Waals surface area contributed by atoms with Gasteiger partial charge in [0.05, 0.1) is 0 Å². The van der Waals surface area contributed by atoms with Gasteiger partial charge in [0.2, 0.25) is 0 Å². The molecule has 0 spiro atoms. The van der Waals surface area contributed by atoms with E-state index in [0.717, 1.165) is 28.4 Å². The lowest BCUT2D eigenvalue weighted by Crippen LogP contribution is -1.75. The van der Waals surface area contributed by atoms with E-state index in [-0.39, 0.29) is 0 Å². The van der Waals surface area contributed by atoms with Crippen LogP contribution in [-0.4, -0.2) is 10.3 Å². The summed E-state index contributed by atoms with van der Waals surface area (Å²) in [5.74, 6) is 6.83. The maximum absolute atomic E-state index is 5.43. The quantitative estimate of drug-likeness (QED) is 0.583. The zero-order valence-corrected chi connectivity index (χ0v) is 9.97. The summed E-state index contributed by atoms with van der Waals surface area (Å²) in [4.78, 5) is 4.23. The SMILES string of the molecule is Cc1nc2ccc(C#CCCBr)cc2o1. The summed E-state index contributed by atoms with van der Waals surface area (Å²) < 4.78 is 5.43. The first-order valence-electron chi connectivity index (χ1n) is 4.71. The fraction of sp³-hybridized carbons (Fsp3) is 0.250. The van der Waals surface area contributed by atoms with Gasteiger partial charge in [-0.25, -0.2) is 4.98 Å². The van der Waals surface area contributed by atoms with E-state index >= 15 is 0 Å². The lowest BCUT2D eigenvalue weighted by molar-refractivity contribution is 0.561. The number of benzene rings is 1. The summed E-state index contributed by atoms with van der Waals surface area (Å²) in [5.41, 5.74) is 2.66. The van der Waals surface area contributed by atoms with Crippen LogP contribution in [0.25, 0.3) is 11.1 Å². The summed E-state index contributed by atoms with van der Waals surface area (Å²) in [5, 5.41) is 0.906. The highest BCUT2D eigenvalue weighted by molar-refractivity contribution is 9.09. The van der Waals surface area contributed by atoms with Gasteiger partial charge in [0.1, 0.15) is 5.52 Å². The van der Waals surface area contributed by atoms with Crippen LogP contribution in [0.15, 0.2) is 22.6 Å². The first kappa shape index (κ1) is 10.3. The van der Waals surface area contributed by atoms with Crippen molar-refractivity contribution in [2.75, 3.05) is 5.33 Å². The molecule has 0 amide bonds. The molecule has 0 aliphatic rings. The molecule has 15 heavy (non-hydrogen) atoms. The van der Waals surface area contributed by atoms with Crippen LogP contribution >= 0.6 is 15.9 Å². The molecule has 0 unspecified atom stereocenters. The minimum Gasteiger partial charge on any atom is -0.441 e. The molecule has 0 saturated heterocycles. The number of halogens is 1. The first-order chi connectivity index (χ1) is 7.29. The highest BCUT2D eigenvalue weighted by atomic mass is 79.9. The molecule has 76 valence electrons. The van der Waals surface area contributed by atoms with E-state index in [1.807, 2.05) is 25.1 Å². The predicted octanol–water partition coefficient (Wildman–Crippen LogP) is 3.27. The van der Waals surface area contributed by atoms with Gasteiger partial charge < -0.3 is 4.42 Å². The molecule has 2 nitrogen and oxygen atoms in total. The fourth-order valence-corrected chi connectivity index (χ4v) is 1.53. The van der Waals surface area contributed by atoms with Crippen molar-refractivity contribution in [2.45, 2.75) is 13.3 Å². The summed E-state index contributed by atoms with van der Waals surface area (Å²) in [6.45, 7) is 1.84. The van der Waals surface area contributed by atoms with E-state index in [2.05, 4.69) is 32.8 Å². The summed E-state index contributed by atoms with van der Waals surface area (Å²) in [7, 11) is 0. The predicted molar refractivity (Wildman–Crippen MR) is 64.0 cm³/mol. The second-order valence-corrected chi connectivity index (χ2v) is 3.95. The van der Waals surface area contributed by atoms with Crippen LogP contribution in [0.1, 0.15) is 17.9 Å². The fourth-order valence-electron chi connectivity index (χ4n) is 1.33. The minimum absolute atomic E-state index is 0.690. The molecule has 2 aromatic rings. The number of hydrogen-bond acceptors (Lipinski definition) is 2. The van der Waals surface area contributed by atoms with Crippen LogP contribution in [0.5, 0.6) is 0 Å². The number of fused-ring (bicyclic) bond motifs is 1. The number of oxazole rings is 1. The molecule has 3 heteroatoms. The Morgan fingerprint density at radius 2 is 2.33 bits per heavy atom. The molecule has 1 heterocycles. The van der Waals surface area contributed by atoms with Crippen molar-refractivity contribution in [3.05, 3.63) is 29.7 Å². The molecule has 0 aliphatic heterocycles. The topological polar surface area (TPSA) is 26.0 Å². The molecule has 0 saturated carbocycles. The summed E-state index contributed by atoms with van der Waals surface area (Å²) >= 11 is 3.34. The molecule has 0 atom stereocenters. The molecule has 0 fully saturated rings. The Kier molecular flexibility index (Phi) is 3.08. The third kappa shape index (κ3) is 2.40. The highest BCUT2D eigenvalue weighted by Crippen LogP contribution is 2.16. The zero-order valence-electron chi connectivity index (χ0n) is 8.38.